The summed E-state index contributed by atoms with van der Waals surface area (Å²) in [4.78, 5) is 0. The largest absolute Gasteiger partial charge is 0.493 e. The Balaban J connectivity index is 2.60. The molecule has 0 heterocycles. The lowest BCUT2D eigenvalue weighted by Crippen LogP contribution is -2.08. The van der Waals surface area contributed by atoms with Gasteiger partial charge in [-0.2, -0.15) is 13.2 Å². The number of hydrogen-bond acceptors (Lipinski definition) is 3. The van der Waals surface area contributed by atoms with Crippen molar-refractivity contribution in [3.05, 3.63) is 23.8 Å². The van der Waals surface area contributed by atoms with Crippen LogP contribution >= 0.6 is 23.4 Å². The maximum absolute atomic E-state index is 11.9. The molecule has 18 heavy (non-hydrogen) atoms. The summed E-state index contributed by atoms with van der Waals surface area (Å²) in [6.45, 7) is -0.0611. The molecule has 0 bridgehead atoms. The van der Waals surface area contributed by atoms with E-state index in [0.29, 0.717) is 17.1 Å². The smallest absolute Gasteiger partial charge is 0.441 e. The van der Waals surface area contributed by atoms with Crippen molar-refractivity contribution in [2.75, 3.05) is 19.5 Å². The molecule has 7 heteroatoms. The van der Waals surface area contributed by atoms with Crippen LogP contribution in [0, 0.1) is 0 Å². The van der Waals surface area contributed by atoms with Gasteiger partial charge in [-0.1, -0.05) is 12.1 Å². The number of benzene rings is 1. The van der Waals surface area contributed by atoms with E-state index in [1.54, 1.807) is 18.2 Å². The molecule has 0 fully saturated rings. The highest BCUT2D eigenvalue weighted by molar-refractivity contribution is 8.00. The van der Waals surface area contributed by atoms with Crippen LogP contribution in [0.3, 0.4) is 0 Å². The SMILES string of the molecule is COc1cccc(CCl)c1OCCSC(F)(F)F. The van der Waals surface area contributed by atoms with Crippen molar-refractivity contribution in [2.45, 2.75) is 11.4 Å². The Labute approximate surface area is 112 Å². The topological polar surface area (TPSA) is 18.5 Å². The lowest BCUT2D eigenvalue weighted by atomic mass is 10.2. The zero-order valence-corrected chi connectivity index (χ0v) is 11.2. The van der Waals surface area contributed by atoms with Crippen LogP contribution < -0.4 is 9.47 Å². The maximum Gasteiger partial charge on any atom is 0.441 e. The summed E-state index contributed by atoms with van der Waals surface area (Å²) in [5.41, 5.74) is -3.55. The molecule has 0 N–H and O–H groups in total. The van der Waals surface area contributed by atoms with Gasteiger partial charge in [0.25, 0.3) is 0 Å². The first-order valence-electron chi connectivity index (χ1n) is 5.03. The Morgan fingerprint density at radius 1 is 1.33 bits per heavy atom. The van der Waals surface area contributed by atoms with Crippen molar-refractivity contribution in [3.8, 4) is 11.5 Å². The molecule has 0 saturated heterocycles. The lowest BCUT2D eigenvalue weighted by Gasteiger charge is -2.14. The maximum atomic E-state index is 11.9. The van der Waals surface area contributed by atoms with Crippen molar-refractivity contribution in [2.24, 2.45) is 0 Å². The number of para-hydroxylation sites is 1. The van der Waals surface area contributed by atoms with Crippen molar-refractivity contribution < 1.29 is 22.6 Å². The van der Waals surface area contributed by atoms with Gasteiger partial charge in [-0.05, 0) is 17.8 Å². The highest BCUT2D eigenvalue weighted by atomic mass is 35.5. The van der Waals surface area contributed by atoms with Gasteiger partial charge in [0.2, 0.25) is 0 Å². The van der Waals surface area contributed by atoms with E-state index >= 15 is 0 Å². The molecule has 0 aliphatic carbocycles. The van der Waals surface area contributed by atoms with E-state index in [4.69, 9.17) is 21.1 Å². The Morgan fingerprint density at radius 2 is 2.06 bits per heavy atom. The van der Waals surface area contributed by atoms with Crippen molar-refractivity contribution in [1.29, 1.82) is 0 Å². The Hall–Kier alpha value is -0.750. The Kier molecular flexibility index (Phi) is 5.95. The van der Waals surface area contributed by atoms with E-state index in [-0.39, 0.29) is 30.0 Å². The molecule has 0 spiro atoms. The predicted molar refractivity (Wildman–Crippen MR) is 66.6 cm³/mol. The summed E-state index contributed by atoms with van der Waals surface area (Å²) in [6.07, 6.45) is 0. The molecule has 0 atom stereocenters. The minimum absolute atomic E-state index is 0.0611. The number of rotatable bonds is 6. The molecule has 2 nitrogen and oxygen atoms in total. The summed E-state index contributed by atoms with van der Waals surface area (Å²) in [5.74, 6) is 0.894. The second-order valence-electron chi connectivity index (χ2n) is 3.22. The third-order valence-corrected chi connectivity index (χ3v) is 3.01. The van der Waals surface area contributed by atoms with Gasteiger partial charge in [0, 0.05) is 11.3 Å². The third kappa shape index (κ3) is 4.86. The monoisotopic (exact) mass is 300 g/mol. The Morgan fingerprint density at radius 3 is 2.61 bits per heavy atom. The molecule has 102 valence electrons. The number of thioether (sulfide) groups is 1. The van der Waals surface area contributed by atoms with Crippen molar-refractivity contribution >= 4 is 23.4 Å². The molecule has 1 aromatic rings. The minimum Gasteiger partial charge on any atom is -0.493 e. The molecule has 1 rings (SSSR count). The van der Waals surface area contributed by atoms with Crippen LogP contribution in [0.4, 0.5) is 13.2 Å². The van der Waals surface area contributed by atoms with E-state index in [2.05, 4.69) is 0 Å². The quantitative estimate of drug-likeness (QED) is 0.583. The molecule has 0 aromatic heterocycles. The zero-order chi connectivity index (χ0) is 13.6. The van der Waals surface area contributed by atoms with Gasteiger partial charge in [-0.25, -0.2) is 0 Å². The van der Waals surface area contributed by atoms with Crippen LogP contribution in [0.1, 0.15) is 5.56 Å². The lowest BCUT2D eigenvalue weighted by molar-refractivity contribution is -0.0329. The van der Waals surface area contributed by atoms with Gasteiger partial charge >= 0.3 is 5.51 Å². The summed E-state index contributed by atoms with van der Waals surface area (Å²) < 4.78 is 46.2. The second kappa shape index (κ2) is 6.99. The highest BCUT2D eigenvalue weighted by Gasteiger charge is 2.27. The summed E-state index contributed by atoms with van der Waals surface area (Å²) in [6, 6.07) is 5.15. The first-order valence-corrected chi connectivity index (χ1v) is 6.55. The molecule has 1 aromatic carbocycles. The number of methoxy groups -OCH3 is 1. The average Bonchev–Trinajstić information content (AvgIpc) is 2.33. The van der Waals surface area contributed by atoms with Gasteiger partial charge in [0.1, 0.15) is 0 Å². The van der Waals surface area contributed by atoms with Gasteiger partial charge in [0.15, 0.2) is 11.5 Å². The van der Waals surface area contributed by atoms with Gasteiger partial charge in [-0.3, -0.25) is 0 Å². The summed E-state index contributed by atoms with van der Waals surface area (Å²) in [5, 5.41) is 0. The normalized spacial score (nSPS) is 11.4. The minimum atomic E-state index is -4.24. The zero-order valence-electron chi connectivity index (χ0n) is 9.59. The van der Waals surface area contributed by atoms with E-state index in [1.807, 2.05) is 0 Å². The average molecular weight is 301 g/mol. The first kappa shape index (κ1) is 15.3. The van der Waals surface area contributed by atoms with Crippen LogP contribution in [0.5, 0.6) is 11.5 Å². The number of halogens is 4. The predicted octanol–water partition coefficient (Wildman–Crippen LogP) is 4.07. The van der Waals surface area contributed by atoms with E-state index in [0.717, 1.165) is 0 Å². The molecule has 0 aliphatic rings. The highest BCUT2D eigenvalue weighted by Crippen LogP contribution is 2.33. The van der Waals surface area contributed by atoms with E-state index < -0.39 is 5.51 Å². The first-order chi connectivity index (χ1) is 8.48. The number of alkyl halides is 4. The van der Waals surface area contributed by atoms with Gasteiger partial charge < -0.3 is 9.47 Å². The number of ether oxygens (including phenoxy) is 2. The van der Waals surface area contributed by atoms with Crippen LogP contribution in [0.25, 0.3) is 0 Å². The van der Waals surface area contributed by atoms with Crippen molar-refractivity contribution in [1.82, 2.24) is 0 Å². The molecule has 0 radical (unpaired) electrons. The van der Waals surface area contributed by atoms with Gasteiger partial charge in [0.05, 0.1) is 19.6 Å². The van der Waals surface area contributed by atoms with E-state index in [9.17, 15) is 13.2 Å². The van der Waals surface area contributed by atoms with Gasteiger partial charge in [-0.15, -0.1) is 11.6 Å². The molecule has 0 saturated carbocycles. The van der Waals surface area contributed by atoms with Crippen LogP contribution in [-0.2, 0) is 5.88 Å². The molecule has 0 unspecified atom stereocenters. The Bertz CT molecular complexity index is 363. The fourth-order valence-electron chi connectivity index (χ4n) is 1.29. The molecule has 0 amide bonds. The number of hydrogen-bond donors (Lipinski definition) is 0. The fourth-order valence-corrected chi connectivity index (χ4v) is 1.90. The summed E-state index contributed by atoms with van der Waals surface area (Å²) >= 11 is 5.61. The standard InChI is InChI=1S/C11H12ClF3O2S/c1-16-9-4-2-3-8(7-12)10(9)17-5-6-18-11(13,14)15/h2-4H,5-7H2,1H3. The van der Waals surface area contributed by atoms with Crippen LogP contribution in [0.2, 0.25) is 0 Å². The van der Waals surface area contributed by atoms with Crippen molar-refractivity contribution in [3.63, 3.8) is 0 Å². The third-order valence-electron chi connectivity index (χ3n) is 2.02. The van der Waals surface area contributed by atoms with Crippen LogP contribution in [0.15, 0.2) is 18.2 Å². The molecular weight excluding hydrogens is 289 g/mol. The molecular formula is C11H12ClF3O2S. The molecule has 0 aliphatic heterocycles. The van der Waals surface area contributed by atoms with Crippen LogP contribution in [-0.4, -0.2) is 25.0 Å². The van der Waals surface area contributed by atoms with E-state index in [1.165, 1.54) is 7.11 Å². The summed E-state index contributed by atoms with van der Waals surface area (Å²) in [7, 11) is 1.46. The fraction of sp³-hybridized carbons (Fsp3) is 0.455. The second-order valence-corrected chi connectivity index (χ2v) is 4.65.